The molecule has 1 aromatic rings. The maximum absolute atomic E-state index is 12.7. The number of amides is 1. The van der Waals surface area contributed by atoms with Crippen LogP contribution in [0.1, 0.15) is 43.1 Å². The molecule has 1 aromatic heterocycles. The molecule has 4 rings (SSSR count). The molecule has 0 aromatic carbocycles. The second kappa shape index (κ2) is 4.83. The third-order valence-corrected chi connectivity index (χ3v) is 5.56. The van der Waals surface area contributed by atoms with E-state index in [2.05, 4.69) is 22.8 Å². The van der Waals surface area contributed by atoms with Crippen molar-refractivity contribution >= 4 is 17.2 Å². The van der Waals surface area contributed by atoms with Crippen LogP contribution in [0.4, 0.5) is 0 Å². The molecule has 1 N–H and O–H groups in total. The number of hydrogen-bond acceptors (Lipinski definition) is 4. The van der Waals surface area contributed by atoms with E-state index in [-0.39, 0.29) is 23.7 Å². The van der Waals surface area contributed by atoms with Crippen LogP contribution in [0.2, 0.25) is 0 Å². The minimum Gasteiger partial charge on any atom is -0.376 e. The van der Waals surface area contributed by atoms with Crippen molar-refractivity contribution < 1.29 is 9.53 Å². The molecule has 108 valence electrons. The number of nitrogens with zero attached hydrogens (tertiary/aromatic N) is 1. The lowest BCUT2D eigenvalue weighted by Gasteiger charge is -2.30. The topological polar surface area (TPSA) is 41.6 Å². The van der Waals surface area contributed by atoms with Crippen LogP contribution < -0.4 is 5.32 Å². The number of rotatable bonds is 3. The first kappa shape index (κ1) is 12.8. The molecule has 2 unspecified atom stereocenters. The number of carbonyl (C=O) groups is 1. The summed E-state index contributed by atoms with van der Waals surface area (Å²) in [6.07, 6.45) is 5.68. The summed E-state index contributed by atoms with van der Waals surface area (Å²) in [5, 5.41) is 5.64. The van der Waals surface area contributed by atoms with Crippen LogP contribution in [0, 0.1) is 0 Å². The van der Waals surface area contributed by atoms with E-state index in [1.807, 2.05) is 4.90 Å². The molecular formula is C15H20N2O2S. The molecule has 2 aliphatic heterocycles. The molecule has 2 atom stereocenters. The van der Waals surface area contributed by atoms with Gasteiger partial charge in [0.05, 0.1) is 6.10 Å². The van der Waals surface area contributed by atoms with Gasteiger partial charge in [-0.25, -0.2) is 0 Å². The van der Waals surface area contributed by atoms with Crippen LogP contribution in [0.25, 0.3) is 0 Å². The van der Waals surface area contributed by atoms with Crippen molar-refractivity contribution in [2.45, 2.75) is 49.9 Å². The van der Waals surface area contributed by atoms with Crippen molar-refractivity contribution in [1.29, 1.82) is 0 Å². The molecule has 1 amide bonds. The maximum Gasteiger partial charge on any atom is 0.244 e. The molecule has 1 aliphatic carbocycles. The van der Waals surface area contributed by atoms with E-state index >= 15 is 0 Å². The summed E-state index contributed by atoms with van der Waals surface area (Å²) in [4.78, 5) is 15.9. The van der Waals surface area contributed by atoms with E-state index < -0.39 is 0 Å². The van der Waals surface area contributed by atoms with E-state index in [4.69, 9.17) is 4.74 Å². The lowest BCUT2D eigenvalue weighted by Crippen LogP contribution is -2.39. The quantitative estimate of drug-likeness (QED) is 0.929. The first-order valence-electron chi connectivity index (χ1n) is 7.52. The fraction of sp³-hybridized carbons (Fsp3) is 0.667. The van der Waals surface area contributed by atoms with Crippen LogP contribution in [0.5, 0.6) is 0 Å². The van der Waals surface area contributed by atoms with E-state index in [0.29, 0.717) is 0 Å². The summed E-state index contributed by atoms with van der Waals surface area (Å²) < 4.78 is 5.82. The highest BCUT2D eigenvalue weighted by molar-refractivity contribution is 7.10. The lowest BCUT2D eigenvalue weighted by atomic mass is 10.1. The molecule has 3 heterocycles. The van der Waals surface area contributed by atoms with E-state index in [1.165, 1.54) is 11.3 Å². The average Bonchev–Trinajstić information content (AvgIpc) is 2.96. The molecule has 3 fully saturated rings. The van der Waals surface area contributed by atoms with Crippen LogP contribution in [0.3, 0.4) is 0 Å². The predicted octanol–water partition coefficient (Wildman–Crippen LogP) is 2.28. The van der Waals surface area contributed by atoms with Crippen molar-refractivity contribution in [2.75, 3.05) is 13.2 Å². The third-order valence-electron chi connectivity index (χ3n) is 4.63. The zero-order valence-electron chi connectivity index (χ0n) is 11.5. The number of carbonyl (C=O) groups excluding carboxylic acids is 1. The Kier molecular flexibility index (Phi) is 3.09. The molecule has 20 heavy (non-hydrogen) atoms. The molecular weight excluding hydrogens is 272 g/mol. The summed E-state index contributed by atoms with van der Waals surface area (Å²) in [6.45, 7) is 1.57. The largest absolute Gasteiger partial charge is 0.376 e. The Morgan fingerprint density at radius 2 is 2.35 bits per heavy atom. The SMILES string of the molecule is O=C1N(CC2CCCCO2)C(c2cccs2)NC12CC2. The summed E-state index contributed by atoms with van der Waals surface area (Å²) in [6, 6.07) is 4.17. The van der Waals surface area contributed by atoms with Gasteiger partial charge >= 0.3 is 0 Å². The average molecular weight is 292 g/mol. The summed E-state index contributed by atoms with van der Waals surface area (Å²) in [5.41, 5.74) is -0.247. The van der Waals surface area contributed by atoms with Crippen LogP contribution >= 0.6 is 11.3 Å². The van der Waals surface area contributed by atoms with Crippen LogP contribution in [-0.4, -0.2) is 35.6 Å². The van der Waals surface area contributed by atoms with Crippen LogP contribution in [0.15, 0.2) is 17.5 Å². The molecule has 5 heteroatoms. The highest BCUT2D eigenvalue weighted by Gasteiger charge is 2.59. The van der Waals surface area contributed by atoms with Gasteiger partial charge in [-0.05, 0) is 43.6 Å². The first-order chi connectivity index (χ1) is 9.78. The zero-order chi connectivity index (χ0) is 13.6. The van der Waals surface area contributed by atoms with Gasteiger partial charge in [0.1, 0.15) is 11.7 Å². The Hall–Kier alpha value is -0.910. The Labute approximate surface area is 123 Å². The summed E-state index contributed by atoms with van der Waals surface area (Å²) >= 11 is 1.72. The van der Waals surface area contributed by atoms with Gasteiger partial charge in [0.25, 0.3) is 0 Å². The van der Waals surface area contributed by atoms with E-state index in [0.717, 1.165) is 38.8 Å². The van der Waals surface area contributed by atoms with Gasteiger partial charge in [-0.1, -0.05) is 6.07 Å². The van der Waals surface area contributed by atoms with Gasteiger partial charge in [0, 0.05) is 18.0 Å². The van der Waals surface area contributed by atoms with Crippen molar-refractivity contribution in [2.24, 2.45) is 0 Å². The molecule has 2 saturated heterocycles. The van der Waals surface area contributed by atoms with Crippen molar-refractivity contribution in [3.63, 3.8) is 0 Å². The smallest absolute Gasteiger partial charge is 0.244 e. The monoisotopic (exact) mass is 292 g/mol. The summed E-state index contributed by atoms with van der Waals surface area (Å²) in [5.74, 6) is 0.282. The molecule has 1 saturated carbocycles. The predicted molar refractivity (Wildman–Crippen MR) is 77.5 cm³/mol. The Morgan fingerprint density at radius 3 is 3.00 bits per heavy atom. The van der Waals surface area contributed by atoms with Gasteiger partial charge < -0.3 is 9.64 Å². The fourth-order valence-corrected chi connectivity index (χ4v) is 4.09. The molecule has 0 bridgehead atoms. The van der Waals surface area contributed by atoms with Gasteiger partial charge in [0.2, 0.25) is 5.91 Å². The number of nitrogens with one attached hydrogen (secondary N) is 1. The van der Waals surface area contributed by atoms with Crippen LogP contribution in [-0.2, 0) is 9.53 Å². The Balaban J connectivity index is 1.55. The third kappa shape index (κ3) is 2.08. The van der Waals surface area contributed by atoms with Gasteiger partial charge in [-0.15, -0.1) is 11.3 Å². The van der Waals surface area contributed by atoms with Gasteiger partial charge in [-0.2, -0.15) is 0 Å². The number of hydrogen-bond donors (Lipinski definition) is 1. The molecule has 1 spiro atoms. The van der Waals surface area contributed by atoms with E-state index in [1.54, 1.807) is 11.3 Å². The second-order valence-electron chi connectivity index (χ2n) is 6.09. The number of thiophene rings is 1. The Bertz CT molecular complexity index is 492. The highest BCUT2D eigenvalue weighted by atomic mass is 32.1. The lowest BCUT2D eigenvalue weighted by molar-refractivity contribution is -0.133. The molecule has 0 radical (unpaired) electrons. The second-order valence-corrected chi connectivity index (χ2v) is 7.07. The van der Waals surface area contributed by atoms with Crippen molar-refractivity contribution in [1.82, 2.24) is 10.2 Å². The van der Waals surface area contributed by atoms with E-state index in [9.17, 15) is 4.79 Å². The van der Waals surface area contributed by atoms with Gasteiger partial charge in [0.15, 0.2) is 0 Å². The fourth-order valence-electron chi connectivity index (χ4n) is 3.31. The minimum absolute atomic E-state index is 0.0514. The minimum atomic E-state index is -0.247. The maximum atomic E-state index is 12.7. The molecule has 3 aliphatic rings. The normalized spacial score (nSPS) is 32.0. The first-order valence-corrected chi connectivity index (χ1v) is 8.40. The summed E-state index contributed by atoms with van der Waals surface area (Å²) in [7, 11) is 0. The Morgan fingerprint density at radius 1 is 1.45 bits per heavy atom. The van der Waals surface area contributed by atoms with Crippen molar-refractivity contribution in [3.05, 3.63) is 22.4 Å². The van der Waals surface area contributed by atoms with Crippen molar-refractivity contribution in [3.8, 4) is 0 Å². The zero-order valence-corrected chi connectivity index (χ0v) is 12.3. The van der Waals surface area contributed by atoms with Gasteiger partial charge in [-0.3, -0.25) is 10.1 Å². The molecule has 4 nitrogen and oxygen atoms in total. The number of ether oxygens (including phenoxy) is 1. The standard InChI is InChI=1S/C15H20N2O2S/c18-14-15(6-7-15)16-13(12-5-3-9-20-12)17(14)10-11-4-1-2-8-19-11/h3,5,9,11,13,16H,1-2,4,6-8,10H2. The highest BCUT2D eigenvalue weighted by Crippen LogP contribution is 2.46.